The summed E-state index contributed by atoms with van der Waals surface area (Å²) in [6, 6.07) is 13.1. The van der Waals surface area contributed by atoms with Crippen molar-refractivity contribution in [2.75, 3.05) is 38.7 Å². The Labute approximate surface area is 156 Å². The van der Waals surface area contributed by atoms with Gasteiger partial charge in [0, 0.05) is 24.2 Å². The Morgan fingerprint density at radius 3 is 2.44 bits per heavy atom. The summed E-state index contributed by atoms with van der Waals surface area (Å²) in [5, 5.41) is 2.70. The van der Waals surface area contributed by atoms with Crippen molar-refractivity contribution in [3.63, 3.8) is 0 Å². The lowest BCUT2D eigenvalue weighted by molar-refractivity contribution is 0.0303. The van der Waals surface area contributed by atoms with Crippen LogP contribution in [0.15, 0.2) is 48.5 Å². The van der Waals surface area contributed by atoms with Gasteiger partial charge in [-0.05, 0) is 30.3 Å². The number of nitrogens with zero attached hydrogens (tertiary/aromatic N) is 1. The zero-order valence-corrected chi connectivity index (χ0v) is 14.9. The molecule has 140 valence electrons. The highest BCUT2D eigenvalue weighted by Gasteiger charge is 2.20. The van der Waals surface area contributed by atoms with Crippen LogP contribution in [0.5, 0.6) is 0 Å². The van der Waals surface area contributed by atoms with Gasteiger partial charge in [0.1, 0.15) is 0 Å². The molecule has 0 aromatic heterocycles. The molecule has 0 atom stereocenters. The summed E-state index contributed by atoms with van der Waals surface area (Å²) in [7, 11) is 1.28. The molecule has 0 bridgehead atoms. The average molecular weight is 368 g/mol. The van der Waals surface area contributed by atoms with E-state index in [-0.39, 0.29) is 11.5 Å². The summed E-state index contributed by atoms with van der Waals surface area (Å²) < 4.78 is 9.99. The molecular weight excluding hydrogens is 348 g/mol. The quantitative estimate of drug-likeness (QED) is 0.837. The molecule has 7 nitrogen and oxygen atoms in total. The predicted molar refractivity (Wildman–Crippen MR) is 98.9 cm³/mol. The first kappa shape index (κ1) is 18.6. The van der Waals surface area contributed by atoms with E-state index in [1.54, 1.807) is 53.4 Å². The van der Waals surface area contributed by atoms with Gasteiger partial charge in [-0.25, -0.2) is 4.79 Å². The van der Waals surface area contributed by atoms with Crippen molar-refractivity contribution in [1.82, 2.24) is 4.90 Å². The first-order chi connectivity index (χ1) is 13.1. The normalized spacial score (nSPS) is 13.7. The third-order valence-electron chi connectivity index (χ3n) is 4.25. The van der Waals surface area contributed by atoms with Gasteiger partial charge < -0.3 is 19.7 Å². The molecule has 27 heavy (non-hydrogen) atoms. The Hall–Kier alpha value is -3.19. The van der Waals surface area contributed by atoms with Gasteiger partial charge >= 0.3 is 5.97 Å². The molecule has 1 aliphatic heterocycles. The number of amides is 2. The summed E-state index contributed by atoms with van der Waals surface area (Å²) in [6.45, 7) is 2.08. The van der Waals surface area contributed by atoms with Crippen LogP contribution >= 0.6 is 0 Å². The molecule has 0 saturated carbocycles. The van der Waals surface area contributed by atoms with Crippen LogP contribution in [0.3, 0.4) is 0 Å². The van der Waals surface area contributed by atoms with Gasteiger partial charge in [-0.1, -0.05) is 18.2 Å². The average Bonchev–Trinajstić information content (AvgIpc) is 2.73. The van der Waals surface area contributed by atoms with Crippen LogP contribution in [0.2, 0.25) is 0 Å². The van der Waals surface area contributed by atoms with Crippen molar-refractivity contribution in [3.05, 3.63) is 65.2 Å². The predicted octanol–water partition coefficient (Wildman–Crippen LogP) is 2.20. The van der Waals surface area contributed by atoms with Crippen LogP contribution in [-0.2, 0) is 9.47 Å². The fourth-order valence-corrected chi connectivity index (χ4v) is 2.82. The molecule has 2 aromatic carbocycles. The van der Waals surface area contributed by atoms with Crippen LogP contribution in [-0.4, -0.2) is 56.1 Å². The van der Waals surface area contributed by atoms with E-state index >= 15 is 0 Å². The summed E-state index contributed by atoms with van der Waals surface area (Å²) >= 11 is 0. The number of para-hydroxylation sites is 1. The Kier molecular flexibility index (Phi) is 5.83. The number of nitrogens with one attached hydrogen (secondary N) is 1. The van der Waals surface area contributed by atoms with E-state index in [9.17, 15) is 14.4 Å². The summed E-state index contributed by atoms with van der Waals surface area (Å²) in [4.78, 5) is 38.8. The number of benzene rings is 2. The second-order valence-electron chi connectivity index (χ2n) is 5.98. The molecule has 0 unspecified atom stereocenters. The lowest BCUT2D eigenvalue weighted by Crippen LogP contribution is -2.40. The van der Waals surface area contributed by atoms with E-state index in [2.05, 4.69) is 5.32 Å². The first-order valence-electron chi connectivity index (χ1n) is 8.56. The van der Waals surface area contributed by atoms with Gasteiger partial charge in [0.2, 0.25) is 0 Å². The lowest BCUT2D eigenvalue weighted by atomic mass is 10.1. The molecule has 1 aliphatic rings. The van der Waals surface area contributed by atoms with Crippen molar-refractivity contribution in [2.24, 2.45) is 0 Å². The first-order valence-corrected chi connectivity index (χ1v) is 8.56. The Morgan fingerprint density at radius 2 is 1.70 bits per heavy atom. The van der Waals surface area contributed by atoms with Crippen molar-refractivity contribution < 1.29 is 23.9 Å². The molecule has 2 amide bonds. The van der Waals surface area contributed by atoms with E-state index in [0.717, 1.165) is 0 Å². The minimum absolute atomic E-state index is 0.136. The number of anilines is 1. The number of hydrogen-bond acceptors (Lipinski definition) is 5. The molecule has 0 aliphatic carbocycles. The Balaban J connectivity index is 1.78. The molecular formula is C20H20N2O5. The highest BCUT2D eigenvalue weighted by molar-refractivity contribution is 6.09. The van der Waals surface area contributed by atoms with Crippen molar-refractivity contribution in [3.8, 4) is 0 Å². The molecule has 1 saturated heterocycles. The third-order valence-corrected chi connectivity index (χ3v) is 4.25. The maximum atomic E-state index is 12.6. The van der Waals surface area contributed by atoms with Crippen LogP contribution in [0.25, 0.3) is 0 Å². The van der Waals surface area contributed by atoms with Gasteiger partial charge in [0.05, 0.1) is 31.6 Å². The standard InChI is InChI=1S/C20H20N2O5/c1-26-20(25)16-7-2-3-8-17(16)21-18(23)14-5-4-6-15(13-14)19(24)22-9-11-27-12-10-22/h2-8,13H,9-12H2,1H3,(H,21,23). The minimum Gasteiger partial charge on any atom is -0.465 e. The maximum absolute atomic E-state index is 12.6. The van der Waals surface area contributed by atoms with E-state index in [0.29, 0.717) is 43.1 Å². The van der Waals surface area contributed by atoms with Crippen LogP contribution in [0, 0.1) is 0 Å². The van der Waals surface area contributed by atoms with E-state index in [4.69, 9.17) is 9.47 Å². The Morgan fingerprint density at radius 1 is 1.00 bits per heavy atom. The van der Waals surface area contributed by atoms with Gasteiger partial charge in [-0.2, -0.15) is 0 Å². The number of morpholine rings is 1. The number of esters is 1. The highest BCUT2D eigenvalue weighted by atomic mass is 16.5. The van der Waals surface area contributed by atoms with Crippen molar-refractivity contribution in [2.45, 2.75) is 0 Å². The van der Waals surface area contributed by atoms with Crippen LogP contribution < -0.4 is 5.32 Å². The fraction of sp³-hybridized carbons (Fsp3) is 0.250. The largest absolute Gasteiger partial charge is 0.465 e. The number of hydrogen-bond donors (Lipinski definition) is 1. The smallest absolute Gasteiger partial charge is 0.339 e. The summed E-state index contributed by atoms with van der Waals surface area (Å²) in [6.07, 6.45) is 0. The molecule has 0 radical (unpaired) electrons. The molecule has 1 N–H and O–H groups in total. The number of rotatable bonds is 4. The molecule has 7 heteroatoms. The van der Waals surface area contributed by atoms with Crippen molar-refractivity contribution >= 4 is 23.5 Å². The number of ether oxygens (including phenoxy) is 2. The van der Waals surface area contributed by atoms with E-state index in [1.807, 2.05) is 0 Å². The lowest BCUT2D eigenvalue weighted by Gasteiger charge is -2.27. The third kappa shape index (κ3) is 4.32. The van der Waals surface area contributed by atoms with Gasteiger partial charge in [0.25, 0.3) is 11.8 Å². The zero-order chi connectivity index (χ0) is 19.2. The fourth-order valence-electron chi connectivity index (χ4n) is 2.82. The van der Waals surface area contributed by atoms with E-state index in [1.165, 1.54) is 7.11 Å². The molecule has 3 rings (SSSR count). The molecule has 2 aromatic rings. The van der Waals surface area contributed by atoms with Crippen LogP contribution in [0.1, 0.15) is 31.1 Å². The second-order valence-corrected chi connectivity index (χ2v) is 5.98. The Bertz CT molecular complexity index is 859. The monoisotopic (exact) mass is 368 g/mol. The van der Waals surface area contributed by atoms with Gasteiger partial charge in [-0.15, -0.1) is 0 Å². The zero-order valence-electron chi connectivity index (χ0n) is 14.9. The summed E-state index contributed by atoms with van der Waals surface area (Å²) in [5.41, 5.74) is 1.37. The molecule has 1 heterocycles. The van der Waals surface area contributed by atoms with Crippen LogP contribution in [0.4, 0.5) is 5.69 Å². The minimum atomic E-state index is -0.540. The van der Waals surface area contributed by atoms with Crippen molar-refractivity contribution in [1.29, 1.82) is 0 Å². The number of carbonyl (C=O) groups is 3. The molecule has 1 fully saturated rings. The second kappa shape index (κ2) is 8.46. The SMILES string of the molecule is COC(=O)c1ccccc1NC(=O)c1cccc(C(=O)N2CCOCC2)c1. The maximum Gasteiger partial charge on any atom is 0.339 e. The van der Waals surface area contributed by atoms with Gasteiger partial charge in [-0.3, -0.25) is 9.59 Å². The number of methoxy groups -OCH3 is 1. The van der Waals surface area contributed by atoms with Gasteiger partial charge in [0.15, 0.2) is 0 Å². The van der Waals surface area contributed by atoms with E-state index < -0.39 is 11.9 Å². The highest BCUT2D eigenvalue weighted by Crippen LogP contribution is 2.18. The molecule has 0 spiro atoms. The summed E-state index contributed by atoms with van der Waals surface area (Å²) in [5.74, 6) is -1.09. The topological polar surface area (TPSA) is 84.9 Å². The number of carbonyl (C=O) groups excluding carboxylic acids is 3.